The third-order valence-electron chi connectivity index (χ3n) is 3.40. The van der Waals surface area contributed by atoms with Crippen LogP contribution in [0.5, 0.6) is 0 Å². The minimum Gasteiger partial charge on any atom is -0.336 e. The highest BCUT2D eigenvalue weighted by molar-refractivity contribution is 7.99. The van der Waals surface area contributed by atoms with E-state index in [-0.39, 0.29) is 5.75 Å². The fraction of sp³-hybridized carbons (Fsp3) is 0.375. The summed E-state index contributed by atoms with van der Waals surface area (Å²) < 4.78 is 38.8. The van der Waals surface area contributed by atoms with E-state index in [0.29, 0.717) is 10.1 Å². The number of nitrogens with zero attached hydrogens (tertiary/aromatic N) is 3. The second kappa shape index (κ2) is 7.29. The van der Waals surface area contributed by atoms with Gasteiger partial charge in [0.05, 0.1) is 11.4 Å². The van der Waals surface area contributed by atoms with Crippen LogP contribution < -0.4 is 0 Å². The van der Waals surface area contributed by atoms with E-state index < -0.39 is 18.6 Å². The molecular formula is C16H18F3N3OS. The maximum Gasteiger partial charge on any atom is 0.406 e. The molecular weight excluding hydrogens is 339 g/mol. The van der Waals surface area contributed by atoms with Gasteiger partial charge in [0.15, 0.2) is 5.16 Å². The second-order valence-corrected chi connectivity index (χ2v) is 6.47. The first-order valence-electron chi connectivity index (χ1n) is 7.22. The summed E-state index contributed by atoms with van der Waals surface area (Å²) in [6.07, 6.45) is -1.02. The molecule has 0 radical (unpaired) electrons. The Balaban J connectivity index is 2.09. The van der Waals surface area contributed by atoms with E-state index in [9.17, 15) is 18.0 Å². The fourth-order valence-electron chi connectivity index (χ4n) is 2.15. The number of halogens is 3. The highest BCUT2D eigenvalue weighted by Crippen LogP contribution is 2.24. The quantitative estimate of drug-likeness (QED) is 0.768. The molecule has 8 heteroatoms. The molecule has 0 aliphatic heterocycles. The molecule has 0 aliphatic carbocycles. The Kier molecular flexibility index (Phi) is 5.58. The van der Waals surface area contributed by atoms with Crippen molar-refractivity contribution in [2.45, 2.75) is 25.2 Å². The third kappa shape index (κ3) is 4.77. The Morgan fingerprint density at radius 1 is 1.33 bits per heavy atom. The number of carbonyl (C=O) groups excluding carboxylic acids is 1. The molecule has 24 heavy (non-hydrogen) atoms. The van der Waals surface area contributed by atoms with Gasteiger partial charge in [0.25, 0.3) is 0 Å². The van der Waals surface area contributed by atoms with Crippen LogP contribution >= 0.6 is 11.8 Å². The lowest BCUT2D eigenvalue weighted by Crippen LogP contribution is -2.36. The molecule has 0 saturated carbocycles. The summed E-state index contributed by atoms with van der Waals surface area (Å²) in [5, 5.41) is 0.567. The summed E-state index contributed by atoms with van der Waals surface area (Å²) >= 11 is 1.12. The van der Waals surface area contributed by atoms with Crippen LogP contribution in [0.25, 0.3) is 5.69 Å². The highest BCUT2D eigenvalue weighted by Gasteiger charge is 2.31. The van der Waals surface area contributed by atoms with Crippen LogP contribution in [0.1, 0.15) is 11.1 Å². The van der Waals surface area contributed by atoms with Gasteiger partial charge >= 0.3 is 6.18 Å². The van der Waals surface area contributed by atoms with Gasteiger partial charge in [0.1, 0.15) is 6.54 Å². The van der Waals surface area contributed by atoms with Crippen LogP contribution in [-0.2, 0) is 4.79 Å². The number of aromatic nitrogens is 2. The van der Waals surface area contributed by atoms with Gasteiger partial charge in [-0.1, -0.05) is 23.9 Å². The first kappa shape index (κ1) is 18.4. The maximum absolute atomic E-state index is 12.3. The molecule has 0 unspecified atom stereocenters. The summed E-state index contributed by atoms with van der Waals surface area (Å²) in [6, 6.07) is 5.98. The number of alkyl halides is 3. The lowest BCUT2D eigenvalue weighted by Gasteiger charge is -2.18. The Bertz CT molecular complexity index is 728. The van der Waals surface area contributed by atoms with E-state index in [1.54, 1.807) is 12.4 Å². The van der Waals surface area contributed by atoms with Gasteiger partial charge in [-0.2, -0.15) is 13.2 Å². The largest absolute Gasteiger partial charge is 0.406 e. The van der Waals surface area contributed by atoms with Gasteiger partial charge in [-0.05, 0) is 31.0 Å². The molecule has 1 amide bonds. The van der Waals surface area contributed by atoms with Crippen LogP contribution in [0.4, 0.5) is 13.2 Å². The number of benzene rings is 1. The number of rotatable bonds is 5. The van der Waals surface area contributed by atoms with Crippen LogP contribution in [0.2, 0.25) is 0 Å². The van der Waals surface area contributed by atoms with Crippen molar-refractivity contribution in [2.75, 3.05) is 19.3 Å². The number of carbonyl (C=O) groups is 1. The van der Waals surface area contributed by atoms with Crippen molar-refractivity contribution in [3.63, 3.8) is 0 Å². The lowest BCUT2D eigenvalue weighted by molar-refractivity contribution is -0.156. The molecule has 4 nitrogen and oxygen atoms in total. The number of thioether (sulfide) groups is 1. The Morgan fingerprint density at radius 2 is 2.04 bits per heavy atom. The molecule has 0 saturated heterocycles. The molecule has 1 aromatic carbocycles. The van der Waals surface area contributed by atoms with E-state index in [4.69, 9.17) is 0 Å². The molecule has 130 valence electrons. The first-order chi connectivity index (χ1) is 11.2. The van der Waals surface area contributed by atoms with Crippen molar-refractivity contribution >= 4 is 17.7 Å². The summed E-state index contributed by atoms with van der Waals surface area (Å²) in [4.78, 5) is 16.7. The minimum absolute atomic E-state index is 0.103. The van der Waals surface area contributed by atoms with Gasteiger partial charge in [-0.25, -0.2) is 4.98 Å². The molecule has 0 N–H and O–H groups in total. The predicted molar refractivity (Wildman–Crippen MR) is 87.5 cm³/mol. The molecule has 1 heterocycles. The lowest BCUT2D eigenvalue weighted by atomic mass is 10.1. The van der Waals surface area contributed by atoms with Crippen LogP contribution in [0.15, 0.2) is 35.7 Å². The molecule has 0 atom stereocenters. The van der Waals surface area contributed by atoms with Crippen molar-refractivity contribution in [2.24, 2.45) is 0 Å². The van der Waals surface area contributed by atoms with Gasteiger partial charge in [0.2, 0.25) is 5.91 Å². The van der Waals surface area contributed by atoms with Crippen LogP contribution in [0, 0.1) is 13.8 Å². The molecule has 0 aliphatic rings. The van der Waals surface area contributed by atoms with E-state index in [1.807, 2.05) is 36.6 Å². The summed E-state index contributed by atoms with van der Waals surface area (Å²) in [5.41, 5.74) is 3.06. The van der Waals surface area contributed by atoms with E-state index in [2.05, 4.69) is 4.98 Å². The van der Waals surface area contributed by atoms with Gasteiger partial charge in [-0.15, -0.1) is 0 Å². The number of imidazole rings is 1. The van der Waals surface area contributed by atoms with Crippen molar-refractivity contribution in [1.29, 1.82) is 0 Å². The third-order valence-corrected chi connectivity index (χ3v) is 4.35. The van der Waals surface area contributed by atoms with Gasteiger partial charge < -0.3 is 4.90 Å². The summed E-state index contributed by atoms with van der Waals surface area (Å²) in [6.45, 7) is 2.69. The zero-order chi connectivity index (χ0) is 17.9. The van der Waals surface area contributed by atoms with Crippen LogP contribution in [-0.4, -0.2) is 45.9 Å². The van der Waals surface area contributed by atoms with E-state index in [0.717, 1.165) is 35.6 Å². The average molecular weight is 357 g/mol. The second-order valence-electron chi connectivity index (χ2n) is 5.52. The van der Waals surface area contributed by atoms with E-state index >= 15 is 0 Å². The van der Waals surface area contributed by atoms with Crippen molar-refractivity contribution in [3.8, 4) is 5.69 Å². The Morgan fingerprint density at radius 3 is 2.71 bits per heavy atom. The normalized spacial score (nSPS) is 11.6. The first-order valence-corrected chi connectivity index (χ1v) is 8.20. The topological polar surface area (TPSA) is 38.1 Å². The Hall–Kier alpha value is -1.96. The molecule has 2 aromatic rings. The standard InChI is InChI=1S/C16H18F3N3OS/c1-11-4-5-12(2)13(8-11)22-7-6-20-15(22)24-9-14(23)21(3)10-16(17,18)19/h4-8H,9-10H2,1-3H3. The minimum atomic E-state index is -4.40. The van der Waals surface area contributed by atoms with Crippen molar-refractivity contribution in [3.05, 3.63) is 41.7 Å². The summed E-state index contributed by atoms with van der Waals surface area (Å²) in [7, 11) is 1.15. The number of amides is 1. The SMILES string of the molecule is Cc1ccc(C)c(-n2ccnc2SCC(=O)N(C)CC(F)(F)F)c1. The van der Waals surface area contributed by atoms with Crippen LogP contribution in [0.3, 0.4) is 0 Å². The monoisotopic (exact) mass is 357 g/mol. The van der Waals surface area contributed by atoms with Gasteiger partial charge in [-0.3, -0.25) is 9.36 Å². The number of hydrogen-bond acceptors (Lipinski definition) is 3. The fourth-order valence-corrected chi connectivity index (χ4v) is 3.06. The zero-order valence-corrected chi connectivity index (χ0v) is 14.4. The van der Waals surface area contributed by atoms with Gasteiger partial charge in [0, 0.05) is 19.4 Å². The number of hydrogen-bond donors (Lipinski definition) is 0. The highest BCUT2D eigenvalue weighted by atomic mass is 32.2. The Labute approximate surface area is 142 Å². The molecule has 2 rings (SSSR count). The maximum atomic E-state index is 12.3. The molecule has 0 fully saturated rings. The molecule has 0 bridgehead atoms. The van der Waals surface area contributed by atoms with Crippen molar-refractivity contribution < 1.29 is 18.0 Å². The molecule has 1 aromatic heterocycles. The zero-order valence-electron chi connectivity index (χ0n) is 13.6. The van der Waals surface area contributed by atoms with Crippen molar-refractivity contribution in [1.82, 2.24) is 14.5 Å². The summed E-state index contributed by atoms with van der Waals surface area (Å²) in [5.74, 6) is -0.693. The number of aryl methyl sites for hydroxylation is 2. The van der Waals surface area contributed by atoms with E-state index in [1.165, 1.54) is 0 Å². The predicted octanol–water partition coefficient (Wildman–Crippen LogP) is 3.60. The molecule has 0 spiro atoms. The average Bonchev–Trinajstić information content (AvgIpc) is 2.93. The smallest absolute Gasteiger partial charge is 0.336 e.